The lowest BCUT2D eigenvalue weighted by molar-refractivity contribution is -0.235. The first kappa shape index (κ1) is 49.2. The van der Waals surface area contributed by atoms with Crippen LogP contribution in [0.5, 0.6) is 0 Å². The van der Waals surface area contributed by atoms with Crippen LogP contribution >= 0.6 is 0 Å². The number of ether oxygens (including phenoxy) is 2. The van der Waals surface area contributed by atoms with Gasteiger partial charge in [0.25, 0.3) is 0 Å². The number of ketones is 2. The van der Waals surface area contributed by atoms with E-state index in [0.29, 0.717) is 43.1 Å². The summed E-state index contributed by atoms with van der Waals surface area (Å²) in [6.45, 7) is 10.7. The van der Waals surface area contributed by atoms with Crippen LogP contribution in [0.4, 0.5) is 14.5 Å². The number of Topliss-reactive ketones (excluding diaryl/α,β-unsaturated/α-hetero) is 1. The SMILES string of the molecule is CCCCC(C)CC(=O)NCCN[C@@H](C)C(=O)N[C@@H](C)C(=O)Nc1cccc(Cc2ccc([C@@H]3O[C@@H]4C[C@H]5[C@@H]6C[C@H](F)C7=CC(=O)C=C[C@]7(C)[C@@]6(F)[C@@H](O)C[C@]5(C)[C@]4(C(=O)CO)O3)cc2)c1. The minimum atomic E-state index is -2.34. The number of unbranched alkanes of at least 4 members (excludes halogenated alkanes) is 1. The highest BCUT2D eigenvalue weighted by Crippen LogP contribution is 2.72. The number of hydrogen-bond acceptors (Lipinski definition) is 10. The molecule has 0 radical (unpaired) electrons. The van der Waals surface area contributed by atoms with Crippen molar-refractivity contribution in [2.24, 2.45) is 28.6 Å². The van der Waals surface area contributed by atoms with Gasteiger partial charge >= 0.3 is 0 Å². The number of carbonyl (C=O) groups excluding carboxylic acids is 5. The van der Waals surface area contributed by atoms with Crippen LogP contribution < -0.4 is 21.3 Å². The van der Waals surface area contributed by atoms with Gasteiger partial charge in [0.15, 0.2) is 29.1 Å². The summed E-state index contributed by atoms with van der Waals surface area (Å²) < 4.78 is 46.9. The number of carbonyl (C=O) groups is 5. The molecule has 13 nitrogen and oxygen atoms in total. The average Bonchev–Trinajstić information content (AvgIpc) is 3.78. The van der Waals surface area contributed by atoms with Crippen LogP contribution in [0.3, 0.4) is 0 Å². The predicted molar refractivity (Wildman–Crippen MR) is 243 cm³/mol. The molecule has 0 bridgehead atoms. The third-order valence-electron chi connectivity index (χ3n) is 15.4. The van der Waals surface area contributed by atoms with Crippen molar-refractivity contribution in [3.8, 4) is 0 Å². The van der Waals surface area contributed by atoms with E-state index in [1.807, 2.05) is 42.5 Å². The third kappa shape index (κ3) is 8.93. The second kappa shape index (κ2) is 19.5. The standard InChI is InChI=1S/C51H66F2N4O9/c1-7-8-10-29(2)21-44(62)55-20-19-54-30(3)45(63)56-31(4)46(64)57-35-12-9-11-33(23-35)22-32-13-15-34(16-14-32)47-65-43-26-37-38-25-40(52)39-24-36(59)17-18-48(39,5)50(38,53)41(60)27-49(37,6)51(43,66-47)42(61)28-58/h9,11-18,23-24,29-31,37-38,40-41,43,47,54,58,60H,7-8,10,19-22,25-28H2,1-6H3,(H,55,62)(H,56,63)(H,57,64)/t29?,30-,31-,37-,38-,40-,41-,43+,47+,48-,49-,50-,51+/m0/s1. The quantitative estimate of drug-likeness (QED) is 0.102. The first-order chi connectivity index (χ1) is 31.3. The van der Waals surface area contributed by atoms with E-state index in [9.17, 15) is 34.2 Å². The van der Waals surface area contributed by atoms with E-state index < -0.39 is 94.8 Å². The summed E-state index contributed by atoms with van der Waals surface area (Å²) in [5.41, 5.74) is -3.91. The number of halogens is 2. The molecule has 1 unspecified atom stereocenters. The molecule has 7 rings (SSSR count). The van der Waals surface area contributed by atoms with E-state index in [1.165, 1.54) is 19.1 Å². The van der Waals surface area contributed by atoms with Crippen LogP contribution in [-0.2, 0) is 39.9 Å². The van der Waals surface area contributed by atoms with Crippen LogP contribution in [0.25, 0.3) is 0 Å². The molecule has 15 heteroatoms. The van der Waals surface area contributed by atoms with E-state index in [4.69, 9.17) is 9.47 Å². The van der Waals surface area contributed by atoms with Crippen molar-refractivity contribution in [2.75, 3.05) is 25.0 Å². The van der Waals surface area contributed by atoms with Gasteiger partial charge in [0.05, 0.1) is 18.2 Å². The Balaban J connectivity index is 0.941. The number of aliphatic hydroxyl groups is 2. The number of rotatable bonds is 18. The Morgan fingerprint density at radius 2 is 1.70 bits per heavy atom. The molecule has 2 aromatic rings. The molecule has 3 saturated carbocycles. The number of nitrogens with one attached hydrogen (secondary N) is 4. The fourth-order valence-electron chi connectivity index (χ4n) is 11.8. The normalized spacial score (nSPS) is 33.3. The predicted octanol–water partition coefficient (Wildman–Crippen LogP) is 5.67. The van der Waals surface area contributed by atoms with Crippen LogP contribution in [0, 0.1) is 28.6 Å². The zero-order chi connectivity index (χ0) is 47.8. The Bertz CT molecular complexity index is 2240. The molecule has 1 saturated heterocycles. The smallest absolute Gasteiger partial charge is 0.246 e. The van der Waals surface area contributed by atoms with Crippen molar-refractivity contribution >= 4 is 35.0 Å². The first-order valence-corrected chi connectivity index (χ1v) is 23.5. The number of anilines is 1. The van der Waals surface area contributed by atoms with E-state index in [1.54, 1.807) is 26.8 Å². The lowest BCUT2D eigenvalue weighted by Crippen LogP contribution is -2.70. The van der Waals surface area contributed by atoms with Gasteiger partial charge < -0.3 is 41.0 Å². The zero-order valence-electron chi connectivity index (χ0n) is 38.8. The van der Waals surface area contributed by atoms with E-state index in [-0.39, 0.29) is 36.6 Å². The van der Waals surface area contributed by atoms with E-state index in [0.717, 1.165) is 36.5 Å². The molecule has 4 aliphatic carbocycles. The van der Waals surface area contributed by atoms with Gasteiger partial charge in [-0.05, 0) is 99.3 Å². The minimum Gasteiger partial charge on any atom is -0.390 e. The van der Waals surface area contributed by atoms with Crippen molar-refractivity contribution < 1.29 is 52.4 Å². The summed E-state index contributed by atoms with van der Waals surface area (Å²) in [5.74, 6) is -3.21. The largest absolute Gasteiger partial charge is 0.390 e. The monoisotopic (exact) mass is 916 g/mol. The van der Waals surface area contributed by atoms with Gasteiger partial charge in [0.1, 0.15) is 18.8 Å². The Kier molecular flexibility index (Phi) is 14.6. The molecule has 358 valence electrons. The molecule has 5 aliphatic rings. The Hall–Kier alpha value is -4.67. The second-order valence-corrected chi connectivity index (χ2v) is 19.8. The van der Waals surface area contributed by atoms with Crippen molar-refractivity contribution in [1.29, 1.82) is 0 Å². The molecule has 6 N–H and O–H groups in total. The molecule has 66 heavy (non-hydrogen) atoms. The highest BCUT2D eigenvalue weighted by molar-refractivity contribution is 6.01. The summed E-state index contributed by atoms with van der Waals surface area (Å²) in [5, 5.41) is 33.7. The van der Waals surface area contributed by atoms with Crippen molar-refractivity contribution in [3.05, 3.63) is 89.0 Å². The van der Waals surface area contributed by atoms with Gasteiger partial charge in [0.2, 0.25) is 17.7 Å². The summed E-state index contributed by atoms with van der Waals surface area (Å²) in [4.78, 5) is 64.3. The van der Waals surface area contributed by atoms with Crippen LogP contribution in [-0.4, -0.2) is 101 Å². The van der Waals surface area contributed by atoms with Gasteiger partial charge in [-0.2, -0.15) is 0 Å². The lowest BCUT2D eigenvalue weighted by Gasteiger charge is -2.63. The Morgan fingerprint density at radius 1 is 0.955 bits per heavy atom. The Morgan fingerprint density at radius 3 is 2.41 bits per heavy atom. The van der Waals surface area contributed by atoms with E-state index >= 15 is 8.78 Å². The Labute approximate surface area is 385 Å². The summed E-state index contributed by atoms with van der Waals surface area (Å²) in [6.07, 6.45) is 2.33. The summed E-state index contributed by atoms with van der Waals surface area (Å²) >= 11 is 0. The maximum atomic E-state index is 17.8. The van der Waals surface area contributed by atoms with Gasteiger partial charge in [-0.25, -0.2) is 8.78 Å². The zero-order valence-corrected chi connectivity index (χ0v) is 38.8. The van der Waals surface area contributed by atoms with Crippen molar-refractivity contribution in [2.45, 2.75) is 141 Å². The maximum Gasteiger partial charge on any atom is 0.246 e. The minimum absolute atomic E-state index is 0.00930. The van der Waals surface area contributed by atoms with Crippen LogP contribution in [0.1, 0.15) is 109 Å². The maximum absolute atomic E-state index is 17.8. The molecule has 1 aliphatic heterocycles. The number of benzene rings is 2. The fraction of sp³-hybridized carbons (Fsp3) is 0.588. The third-order valence-corrected chi connectivity index (χ3v) is 15.4. The molecule has 13 atom stereocenters. The molecule has 2 aromatic carbocycles. The van der Waals surface area contributed by atoms with Gasteiger partial charge in [-0.1, -0.05) is 82.5 Å². The highest BCUT2D eigenvalue weighted by atomic mass is 19.1. The van der Waals surface area contributed by atoms with Crippen molar-refractivity contribution in [1.82, 2.24) is 16.0 Å². The summed E-state index contributed by atoms with van der Waals surface area (Å²) in [7, 11) is 0. The van der Waals surface area contributed by atoms with Gasteiger partial charge in [-0.3, -0.25) is 24.0 Å². The molecule has 4 fully saturated rings. The van der Waals surface area contributed by atoms with Gasteiger partial charge in [-0.15, -0.1) is 0 Å². The second-order valence-electron chi connectivity index (χ2n) is 19.8. The molecular weight excluding hydrogens is 851 g/mol. The number of aliphatic hydroxyl groups excluding tert-OH is 2. The number of fused-ring (bicyclic) bond motifs is 7. The number of hydrogen-bond donors (Lipinski definition) is 6. The van der Waals surface area contributed by atoms with Crippen LogP contribution in [0.15, 0.2) is 72.3 Å². The highest BCUT2D eigenvalue weighted by Gasteiger charge is 2.80. The topological polar surface area (TPSA) is 192 Å². The molecular formula is C51H66F2N4O9. The molecule has 0 spiro atoms. The number of amides is 3. The van der Waals surface area contributed by atoms with E-state index in [2.05, 4.69) is 35.1 Å². The first-order valence-electron chi connectivity index (χ1n) is 23.5. The lowest BCUT2D eigenvalue weighted by atomic mass is 9.44. The van der Waals surface area contributed by atoms with Crippen LogP contribution in [0.2, 0.25) is 0 Å². The average molecular weight is 917 g/mol. The molecule has 3 amide bonds. The fourth-order valence-corrected chi connectivity index (χ4v) is 11.8. The molecule has 0 aromatic heterocycles. The van der Waals surface area contributed by atoms with Gasteiger partial charge in [0, 0.05) is 47.5 Å². The number of alkyl halides is 2. The van der Waals surface area contributed by atoms with Crippen molar-refractivity contribution in [3.63, 3.8) is 0 Å². The summed E-state index contributed by atoms with van der Waals surface area (Å²) in [6, 6.07) is 13.4. The molecule has 1 heterocycles. The number of allylic oxidation sites excluding steroid dienone is 4.